The summed E-state index contributed by atoms with van der Waals surface area (Å²) in [6.07, 6.45) is 0. The minimum absolute atomic E-state index is 0.256. The van der Waals surface area contributed by atoms with Gasteiger partial charge in [-0.05, 0) is 30.5 Å². The third-order valence-corrected chi connectivity index (χ3v) is 2.79. The SMILES string of the molecule is COc1cc(F)cc(CNC(C)C(C)C)c1. The first kappa shape index (κ1) is 13.0. The molecule has 3 heteroatoms. The zero-order valence-corrected chi connectivity index (χ0v) is 10.4. The Bertz CT molecular complexity index is 339. The van der Waals surface area contributed by atoms with E-state index in [1.807, 2.05) is 6.07 Å². The van der Waals surface area contributed by atoms with Gasteiger partial charge in [0.15, 0.2) is 0 Å². The van der Waals surface area contributed by atoms with Gasteiger partial charge in [-0.15, -0.1) is 0 Å². The van der Waals surface area contributed by atoms with Crippen molar-refractivity contribution in [1.82, 2.24) is 5.32 Å². The molecular weight excluding hydrogens is 205 g/mol. The summed E-state index contributed by atoms with van der Waals surface area (Å²) in [6, 6.07) is 5.18. The molecule has 1 aromatic rings. The van der Waals surface area contributed by atoms with E-state index in [0.29, 0.717) is 24.3 Å². The van der Waals surface area contributed by atoms with E-state index < -0.39 is 0 Å². The zero-order valence-electron chi connectivity index (χ0n) is 10.4. The molecule has 0 aromatic heterocycles. The molecule has 0 aliphatic rings. The second-order valence-electron chi connectivity index (χ2n) is 4.41. The van der Waals surface area contributed by atoms with Crippen LogP contribution >= 0.6 is 0 Å². The molecule has 1 N–H and O–H groups in total. The van der Waals surface area contributed by atoms with Crippen molar-refractivity contribution < 1.29 is 9.13 Å². The predicted molar refractivity (Wildman–Crippen MR) is 64.1 cm³/mol. The van der Waals surface area contributed by atoms with Gasteiger partial charge < -0.3 is 10.1 Å². The number of ether oxygens (including phenoxy) is 1. The fraction of sp³-hybridized carbons (Fsp3) is 0.538. The molecule has 0 aliphatic carbocycles. The molecule has 0 saturated carbocycles. The summed E-state index contributed by atoms with van der Waals surface area (Å²) in [4.78, 5) is 0. The third kappa shape index (κ3) is 3.81. The summed E-state index contributed by atoms with van der Waals surface area (Å²) < 4.78 is 18.2. The van der Waals surface area contributed by atoms with Crippen molar-refractivity contribution in [2.45, 2.75) is 33.4 Å². The summed E-state index contributed by atoms with van der Waals surface area (Å²) >= 11 is 0. The number of hydrogen-bond donors (Lipinski definition) is 1. The highest BCUT2D eigenvalue weighted by molar-refractivity contribution is 5.29. The minimum atomic E-state index is -0.256. The van der Waals surface area contributed by atoms with E-state index in [2.05, 4.69) is 26.1 Å². The molecule has 0 amide bonds. The third-order valence-electron chi connectivity index (χ3n) is 2.79. The summed E-state index contributed by atoms with van der Waals surface area (Å²) in [6.45, 7) is 7.10. The van der Waals surface area contributed by atoms with E-state index >= 15 is 0 Å². The number of methoxy groups -OCH3 is 1. The van der Waals surface area contributed by atoms with Crippen LogP contribution in [0, 0.1) is 11.7 Å². The first-order valence-electron chi connectivity index (χ1n) is 5.59. The van der Waals surface area contributed by atoms with Gasteiger partial charge >= 0.3 is 0 Å². The highest BCUT2D eigenvalue weighted by Crippen LogP contribution is 2.16. The number of nitrogens with one attached hydrogen (secondary N) is 1. The van der Waals surface area contributed by atoms with Gasteiger partial charge in [0.2, 0.25) is 0 Å². The summed E-state index contributed by atoms with van der Waals surface area (Å²) in [5.74, 6) is 0.873. The van der Waals surface area contributed by atoms with Crippen molar-refractivity contribution in [2.24, 2.45) is 5.92 Å². The van der Waals surface area contributed by atoms with Crippen LogP contribution in [0.2, 0.25) is 0 Å². The number of rotatable bonds is 5. The molecular formula is C13H20FNO. The van der Waals surface area contributed by atoms with E-state index in [4.69, 9.17) is 4.74 Å². The lowest BCUT2D eigenvalue weighted by Gasteiger charge is -2.17. The molecule has 1 unspecified atom stereocenters. The van der Waals surface area contributed by atoms with Gasteiger partial charge in [0.25, 0.3) is 0 Å². The van der Waals surface area contributed by atoms with E-state index in [0.717, 1.165) is 5.56 Å². The van der Waals surface area contributed by atoms with E-state index in [-0.39, 0.29) is 5.82 Å². The molecule has 1 aromatic carbocycles. The molecule has 0 aliphatic heterocycles. The highest BCUT2D eigenvalue weighted by Gasteiger charge is 2.07. The van der Waals surface area contributed by atoms with Crippen LogP contribution in [0.1, 0.15) is 26.3 Å². The predicted octanol–water partition coefficient (Wildman–Crippen LogP) is 2.97. The Morgan fingerprint density at radius 1 is 1.25 bits per heavy atom. The first-order chi connectivity index (χ1) is 7.52. The molecule has 1 atom stereocenters. The van der Waals surface area contributed by atoms with Gasteiger partial charge in [0.05, 0.1) is 7.11 Å². The molecule has 90 valence electrons. The van der Waals surface area contributed by atoms with Crippen LogP contribution in [0.4, 0.5) is 4.39 Å². The topological polar surface area (TPSA) is 21.3 Å². The lowest BCUT2D eigenvalue weighted by atomic mass is 10.1. The number of halogens is 1. The zero-order chi connectivity index (χ0) is 12.1. The van der Waals surface area contributed by atoms with Crippen molar-refractivity contribution in [3.05, 3.63) is 29.6 Å². The molecule has 16 heavy (non-hydrogen) atoms. The highest BCUT2D eigenvalue weighted by atomic mass is 19.1. The van der Waals surface area contributed by atoms with Crippen LogP contribution in [-0.2, 0) is 6.54 Å². The van der Waals surface area contributed by atoms with Crippen LogP contribution in [0.15, 0.2) is 18.2 Å². The van der Waals surface area contributed by atoms with Crippen LogP contribution in [0.25, 0.3) is 0 Å². The Hall–Kier alpha value is -1.09. The summed E-state index contributed by atoms with van der Waals surface area (Å²) in [7, 11) is 1.54. The van der Waals surface area contributed by atoms with Gasteiger partial charge in [-0.1, -0.05) is 13.8 Å². The summed E-state index contributed by atoms with van der Waals surface area (Å²) in [5, 5.41) is 3.35. The Balaban J connectivity index is 2.63. The molecule has 0 saturated heterocycles. The van der Waals surface area contributed by atoms with Crippen molar-refractivity contribution >= 4 is 0 Å². The Morgan fingerprint density at radius 2 is 1.94 bits per heavy atom. The molecule has 2 nitrogen and oxygen atoms in total. The van der Waals surface area contributed by atoms with Crippen LogP contribution in [0.5, 0.6) is 5.75 Å². The summed E-state index contributed by atoms with van der Waals surface area (Å²) in [5.41, 5.74) is 0.907. The average molecular weight is 225 g/mol. The molecule has 0 heterocycles. The standard InChI is InChI=1S/C13H20FNO/c1-9(2)10(3)15-8-11-5-12(14)7-13(6-11)16-4/h5-7,9-10,15H,8H2,1-4H3. The second kappa shape index (κ2) is 5.85. The molecule has 0 fully saturated rings. The fourth-order valence-corrected chi connectivity index (χ4v) is 1.36. The van der Waals surface area contributed by atoms with Crippen molar-refractivity contribution in [3.63, 3.8) is 0 Å². The van der Waals surface area contributed by atoms with Gasteiger partial charge in [-0.3, -0.25) is 0 Å². The smallest absolute Gasteiger partial charge is 0.127 e. The maximum atomic E-state index is 13.2. The maximum absolute atomic E-state index is 13.2. The van der Waals surface area contributed by atoms with Crippen LogP contribution in [0.3, 0.4) is 0 Å². The van der Waals surface area contributed by atoms with Crippen molar-refractivity contribution in [3.8, 4) is 5.75 Å². The lowest BCUT2D eigenvalue weighted by Crippen LogP contribution is -2.30. The second-order valence-corrected chi connectivity index (χ2v) is 4.41. The number of benzene rings is 1. The van der Waals surface area contributed by atoms with Gasteiger partial charge in [0.1, 0.15) is 11.6 Å². The van der Waals surface area contributed by atoms with Crippen molar-refractivity contribution in [1.29, 1.82) is 0 Å². The quantitative estimate of drug-likeness (QED) is 0.831. The number of hydrogen-bond acceptors (Lipinski definition) is 2. The van der Waals surface area contributed by atoms with Crippen molar-refractivity contribution in [2.75, 3.05) is 7.11 Å². The first-order valence-corrected chi connectivity index (χ1v) is 5.59. The fourth-order valence-electron chi connectivity index (χ4n) is 1.36. The van der Waals surface area contributed by atoms with E-state index in [1.165, 1.54) is 12.1 Å². The van der Waals surface area contributed by atoms with E-state index in [1.54, 1.807) is 7.11 Å². The Morgan fingerprint density at radius 3 is 2.50 bits per heavy atom. The van der Waals surface area contributed by atoms with E-state index in [9.17, 15) is 4.39 Å². The molecule has 0 bridgehead atoms. The molecule has 1 rings (SSSR count). The Labute approximate surface area is 96.8 Å². The van der Waals surface area contributed by atoms with Gasteiger partial charge in [0, 0.05) is 18.7 Å². The van der Waals surface area contributed by atoms with Crippen LogP contribution < -0.4 is 10.1 Å². The average Bonchev–Trinajstić information content (AvgIpc) is 2.24. The molecule has 0 radical (unpaired) electrons. The van der Waals surface area contributed by atoms with Gasteiger partial charge in [-0.25, -0.2) is 4.39 Å². The van der Waals surface area contributed by atoms with Crippen LogP contribution in [-0.4, -0.2) is 13.2 Å². The monoisotopic (exact) mass is 225 g/mol. The lowest BCUT2D eigenvalue weighted by molar-refractivity contribution is 0.407. The minimum Gasteiger partial charge on any atom is -0.497 e. The normalized spacial score (nSPS) is 12.9. The maximum Gasteiger partial charge on any atom is 0.127 e. The molecule has 0 spiro atoms. The van der Waals surface area contributed by atoms with Gasteiger partial charge in [-0.2, -0.15) is 0 Å². The largest absolute Gasteiger partial charge is 0.497 e. The Kier molecular flexibility index (Phi) is 4.74.